The van der Waals surface area contributed by atoms with E-state index in [0.717, 1.165) is 30.5 Å². The van der Waals surface area contributed by atoms with E-state index in [4.69, 9.17) is 10.3 Å². The monoisotopic (exact) mass is 221 g/mol. The minimum Gasteiger partial charge on any atom is -0.339 e. The van der Waals surface area contributed by atoms with Crippen LogP contribution in [-0.2, 0) is 5.54 Å². The Morgan fingerprint density at radius 1 is 1.25 bits per heavy atom. The Morgan fingerprint density at radius 2 is 1.94 bits per heavy atom. The molecule has 16 heavy (non-hydrogen) atoms. The number of nitrogens with zero attached hydrogens (tertiary/aromatic N) is 2. The highest BCUT2D eigenvalue weighted by Crippen LogP contribution is 2.41. The van der Waals surface area contributed by atoms with Crippen molar-refractivity contribution in [1.29, 1.82) is 0 Å². The van der Waals surface area contributed by atoms with E-state index in [0.29, 0.717) is 5.92 Å². The van der Waals surface area contributed by atoms with Crippen LogP contribution in [0.3, 0.4) is 0 Å². The van der Waals surface area contributed by atoms with Crippen LogP contribution in [0.15, 0.2) is 4.52 Å². The normalized spacial score (nSPS) is 35.2. The predicted octanol–water partition coefficient (Wildman–Crippen LogP) is 2.31. The van der Waals surface area contributed by atoms with Crippen molar-refractivity contribution in [2.24, 2.45) is 11.7 Å². The molecule has 0 aromatic carbocycles. The highest BCUT2D eigenvalue weighted by molar-refractivity contribution is 5.09. The zero-order valence-electron chi connectivity index (χ0n) is 9.78. The van der Waals surface area contributed by atoms with Crippen molar-refractivity contribution >= 4 is 0 Å². The first-order valence-electron chi connectivity index (χ1n) is 6.30. The van der Waals surface area contributed by atoms with E-state index in [1.54, 1.807) is 0 Å². The second kappa shape index (κ2) is 3.55. The molecule has 2 fully saturated rings. The predicted molar refractivity (Wildman–Crippen MR) is 59.8 cm³/mol. The highest BCUT2D eigenvalue weighted by Gasteiger charge is 2.38. The van der Waals surface area contributed by atoms with Crippen LogP contribution >= 0.6 is 0 Å². The van der Waals surface area contributed by atoms with Gasteiger partial charge in [0, 0.05) is 5.92 Å². The van der Waals surface area contributed by atoms with Crippen LogP contribution in [0.4, 0.5) is 0 Å². The largest absolute Gasteiger partial charge is 0.339 e. The number of aromatic nitrogens is 2. The molecular weight excluding hydrogens is 202 g/mol. The van der Waals surface area contributed by atoms with Gasteiger partial charge >= 0.3 is 0 Å². The second-order valence-corrected chi connectivity index (χ2v) is 5.57. The molecule has 0 atom stereocenters. The molecule has 0 spiro atoms. The van der Waals surface area contributed by atoms with Crippen LogP contribution in [0.2, 0.25) is 0 Å². The lowest BCUT2D eigenvalue weighted by molar-refractivity contribution is 0.230. The fourth-order valence-corrected chi connectivity index (χ4v) is 2.43. The van der Waals surface area contributed by atoms with E-state index in [9.17, 15) is 0 Å². The zero-order valence-corrected chi connectivity index (χ0v) is 9.78. The molecule has 2 aliphatic carbocycles. The maximum Gasteiger partial charge on any atom is 0.229 e. The van der Waals surface area contributed by atoms with Gasteiger partial charge in [-0.15, -0.1) is 0 Å². The molecule has 4 heteroatoms. The minimum atomic E-state index is -0.330. The molecule has 1 aromatic heterocycles. The molecule has 1 heterocycles. The highest BCUT2D eigenvalue weighted by atomic mass is 16.5. The van der Waals surface area contributed by atoms with Gasteiger partial charge in [0.05, 0.1) is 5.54 Å². The quantitative estimate of drug-likeness (QED) is 0.832. The maximum absolute atomic E-state index is 6.39. The lowest BCUT2D eigenvalue weighted by Crippen LogP contribution is -2.41. The zero-order chi connectivity index (χ0) is 11.2. The third-order valence-electron chi connectivity index (χ3n) is 3.98. The molecule has 0 amide bonds. The van der Waals surface area contributed by atoms with E-state index in [1.165, 1.54) is 25.7 Å². The number of hydrogen-bond donors (Lipinski definition) is 1. The molecule has 0 unspecified atom stereocenters. The van der Waals surface area contributed by atoms with Gasteiger partial charge in [-0.25, -0.2) is 0 Å². The molecular formula is C12H19N3O. The smallest absolute Gasteiger partial charge is 0.229 e. The topological polar surface area (TPSA) is 64.9 Å². The van der Waals surface area contributed by atoms with Crippen molar-refractivity contribution in [2.75, 3.05) is 0 Å². The molecule has 88 valence electrons. The van der Waals surface area contributed by atoms with Crippen molar-refractivity contribution in [3.05, 3.63) is 11.7 Å². The maximum atomic E-state index is 6.39. The van der Waals surface area contributed by atoms with E-state index < -0.39 is 0 Å². The summed E-state index contributed by atoms with van der Waals surface area (Å²) in [7, 11) is 0. The van der Waals surface area contributed by atoms with Crippen LogP contribution in [0.25, 0.3) is 0 Å². The Balaban J connectivity index is 1.78. The van der Waals surface area contributed by atoms with Gasteiger partial charge in [0.1, 0.15) is 0 Å². The van der Waals surface area contributed by atoms with Crippen molar-refractivity contribution in [3.8, 4) is 0 Å². The lowest BCUT2D eigenvalue weighted by atomic mass is 9.77. The van der Waals surface area contributed by atoms with E-state index in [1.807, 2.05) is 0 Å². The van der Waals surface area contributed by atoms with Gasteiger partial charge in [0.2, 0.25) is 5.89 Å². The minimum absolute atomic E-state index is 0.330. The van der Waals surface area contributed by atoms with Crippen LogP contribution in [0.5, 0.6) is 0 Å². The Labute approximate surface area is 95.6 Å². The third-order valence-corrected chi connectivity index (χ3v) is 3.98. The Morgan fingerprint density at radius 3 is 2.56 bits per heavy atom. The first-order chi connectivity index (χ1) is 7.67. The average Bonchev–Trinajstić information content (AvgIpc) is 3.01. The molecule has 2 aliphatic rings. The third kappa shape index (κ3) is 1.75. The standard InChI is InChI=1S/C12H19N3O/c1-8-4-6-12(13,7-5-8)11-14-10(16-15-11)9-2-3-9/h8-9H,2-7,13H2,1H3. The van der Waals surface area contributed by atoms with Crippen molar-refractivity contribution < 1.29 is 4.52 Å². The summed E-state index contributed by atoms with van der Waals surface area (Å²) in [6, 6.07) is 0. The van der Waals surface area contributed by atoms with Gasteiger partial charge in [0.25, 0.3) is 0 Å². The molecule has 1 aromatic rings. The van der Waals surface area contributed by atoms with Gasteiger partial charge in [0.15, 0.2) is 5.82 Å². The Kier molecular flexibility index (Phi) is 2.28. The van der Waals surface area contributed by atoms with Gasteiger partial charge in [-0.05, 0) is 44.4 Å². The Bertz CT molecular complexity index is 375. The first-order valence-corrected chi connectivity index (χ1v) is 6.30. The first kappa shape index (κ1) is 10.3. The summed E-state index contributed by atoms with van der Waals surface area (Å²) in [6.45, 7) is 2.28. The van der Waals surface area contributed by atoms with Crippen molar-refractivity contribution in [3.63, 3.8) is 0 Å². The average molecular weight is 221 g/mol. The number of hydrogen-bond acceptors (Lipinski definition) is 4. The van der Waals surface area contributed by atoms with Gasteiger partial charge in [-0.1, -0.05) is 12.1 Å². The second-order valence-electron chi connectivity index (χ2n) is 5.57. The molecule has 2 N–H and O–H groups in total. The molecule has 4 nitrogen and oxygen atoms in total. The van der Waals surface area contributed by atoms with Crippen LogP contribution in [-0.4, -0.2) is 10.1 Å². The summed E-state index contributed by atoms with van der Waals surface area (Å²) < 4.78 is 5.29. The fraction of sp³-hybridized carbons (Fsp3) is 0.833. The lowest BCUT2D eigenvalue weighted by Gasteiger charge is -2.33. The van der Waals surface area contributed by atoms with Crippen LogP contribution in [0, 0.1) is 5.92 Å². The molecule has 0 saturated heterocycles. The van der Waals surface area contributed by atoms with Gasteiger partial charge in [-0.3, -0.25) is 0 Å². The van der Waals surface area contributed by atoms with Crippen LogP contribution < -0.4 is 5.73 Å². The molecule has 0 aliphatic heterocycles. The van der Waals surface area contributed by atoms with E-state index >= 15 is 0 Å². The van der Waals surface area contributed by atoms with Crippen molar-refractivity contribution in [1.82, 2.24) is 10.1 Å². The summed E-state index contributed by atoms with van der Waals surface area (Å²) in [4.78, 5) is 4.49. The molecule has 2 saturated carbocycles. The number of rotatable bonds is 2. The van der Waals surface area contributed by atoms with Gasteiger partial charge in [-0.2, -0.15) is 4.98 Å². The molecule has 3 rings (SSSR count). The summed E-state index contributed by atoms with van der Waals surface area (Å²) in [5, 5.41) is 4.09. The summed E-state index contributed by atoms with van der Waals surface area (Å²) in [5.41, 5.74) is 6.06. The summed E-state index contributed by atoms with van der Waals surface area (Å²) in [5.74, 6) is 2.85. The number of nitrogens with two attached hydrogens (primary N) is 1. The molecule has 0 bridgehead atoms. The summed E-state index contributed by atoms with van der Waals surface area (Å²) >= 11 is 0. The van der Waals surface area contributed by atoms with Crippen molar-refractivity contribution in [2.45, 2.75) is 56.9 Å². The van der Waals surface area contributed by atoms with Crippen LogP contribution in [0.1, 0.15) is 63.1 Å². The SMILES string of the molecule is CC1CCC(N)(c2noc(C3CC3)n2)CC1. The van der Waals surface area contributed by atoms with E-state index in [-0.39, 0.29) is 5.54 Å². The summed E-state index contributed by atoms with van der Waals surface area (Å²) in [6.07, 6.45) is 6.69. The van der Waals surface area contributed by atoms with E-state index in [2.05, 4.69) is 17.1 Å². The van der Waals surface area contributed by atoms with Gasteiger partial charge < -0.3 is 10.3 Å². The molecule has 0 radical (unpaired) electrons. The Hall–Kier alpha value is -0.900. The fourth-order valence-electron chi connectivity index (χ4n) is 2.43.